The average Bonchev–Trinajstić information content (AvgIpc) is 2.38. The van der Waals surface area contributed by atoms with Crippen LogP contribution in [0.15, 0.2) is 24.3 Å². The van der Waals surface area contributed by atoms with Gasteiger partial charge in [-0.05, 0) is 31.4 Å². The number of rotatable bonds is 7. The van der Waals surface area contributed by atoms with Crippen molar-refractivity contribution < 1.29 is 22.8 Å². The predicted molar refractivity (Wildman–Crippen MR) is 74.4 cm³/mol. The lowest BCUT2D eigenvalue weighted by molar-refractivity contribution is -0.138. The molecule has 0 saturated heterocycles. The summed E-state index contributed by atoms with van der Waals surface area (Å²) in [6, 6.07) is 4.37. The largest absolute Gasteiger partial charge is 0.416 e. The first kappa shape index (κ1) is 17.7. The van der Waals surface area contributed by atoms with E-state index in [1.165, 1.54) is 19.1 Å². The van der Waals surface area contributed by atoms with Crippen molar-refractivity contribution in [2.24, 2.45) is 0 Å². The highest BCUT2D eigenvalue weighted by atomic mass is 35.5. The first-order valence-corrected chi connectivity index (χ1v) is 7.07. The third-order valence-electron chi connectivity index (χ3n) is 3.08. The second-order valence-electron chi connectivity index (χ2n) is 4.78. The number of benzene rings is 1. The van der Waals surface area contributed by atoms with Gasteiger partial charge in [-0.2, -0.15) is 13.2 Å². The van der Waals surface area contributed by atoms with Crippen LogP contribution in [0.5, 0.6) is 0 Å². The predicted octanol–water partition coefficient (Wildman–Crippen LogP) is 4.36. The summed E-state index contributed by atoms with van der Waals surface area (Å²) >= 11 is 5.51. The summed E-state index contributed by atoms with van der Waals surface area (Å²) in [4.78, 5) is 23.7. The zero-order valence-corrected chi connectivity index (χ0v) is 12.3. The van der Waals surface area contributed by atoms with Gasteiger partial charge in [0.05, 0.1) is 5.56 Å². The van der Waals surface area contributed by atoms with Crippen LogP contribution in [0.1, 0.15) is 43.2 Å². The number of Topliss-reactive ketones (excluding diaryl/α,β-unsaturated/α-hetero) is 2. The normalized spacial score (nSPS) is 13.0. The van der Waals surface area contributed by atoms with Gasteiger partial charge in [0.15, 0.2) is 0 Å². The molecule has 1 atom stereocenters. The number of hydrogen-bond acceptors (Lipinski definition) is 2. The number of carbonyl (C=O) groups is 2. The first-order valence-electron chi connectivity index (χ1n) is 6.53. The molecule has 6 heteroatoms. The molecule has 0 aromatic heterocycles. The smallest absolute Gasteiger partial charge is 0.299 e. The summed E-state index contributed by atoms with van der Waals surface area (Å²) in [5, 5.41) is 0. The van der Waals surface area contributed by atoms with E-state index >= 15 is 0 Å². The van der Waals surface area contributed by atoms with Crippen molar-refractivity contribution in [2.75, 3.05) is 5.88 Å². The number of hydrogen-bond donors (Lipinski definition) is 0. The Morgan fingerprint density at radius 3 is 2.43 bits per heavy atom. The molecule has 0 N–H and O–H groups in total. The van der Waals surface area contributed by atoms with Gasteiger partial charge in [-0.3, -0.25) is 9.59 Å². The molecule has 0 aliphatic heterocycles. The van der Waals surface area contributed by atoms with Crippen molar-refractivity contribution in [1.82, 2.24) is 0 Å². The highest BCUT2D eigenvalue weighted by molar-refractivity contribution is 6.17. The summed E-state index contributed by atoms with van der Waals surface area (Å²) in [7, 11) is 0. The second-order valence-corrected chi connectivity index (χ2v) is 5.16. The van der Waals surface area contributed by atoms with Gasteiger partial charge in [0.2, 0.25) is 0 Å². The second kappa shape index (κ2) is 7.59. The molecule has 0 saturated carbocycles. The van der Waals surface area contributed by atoms with Crippen LogP contribution in [0, 0.1) is 0 Å². The molecular formula is C15H16ClF3O2. The lowest BCUT2D eigenvalue weighted by Gasteiger charge is -2.15. The Kier molecular flexibility index (Phi) is 6.40. The number of carbonyl (C=O) groups excluding carboxylic acids is 2. The van der Waals surface area contributed by atoms with Crippen LogP contribution in [0.3, 0.4) is 0 Å². The molecular weight excluding hydrogens is 305 g/mol. The van der Waals surface area contributed by atoms with Crippen LogP contribution < -0.4 is 0 Å². The Labute approximate surface area is 126 Å². The lowest BCUT2D eigenvalue weighted by Crippen LogP contribution is -2.20. The minimum absolute atomic E-state index is 0.0909. The zero-order valence-electron chi connectivity index (χ0n) is 11.5. The highest BCUT2D eigenvalue weighted by Gasteiger charge is 2.32. The molecule has 0 bridgehead atoms. The van der Waals surface area contributed by atoms with Gasteiger partial charge >= 0.3 is 6.18 Å². The quantitative estimate of drug-likeness (QED) is 0.425. The van der Waals surface area contributed by atoms with Crippen molar-refractivity contribution in [1.29, 1.82) is 0 Å². The SMILES string of the molecule is CC(=O)C(C(=O)CCCCCl)c1cccc(C(F)(F)F)c1. The zero-order chi connectivity index (χ0) is 16.0. The molecule has 21 heavy (non-hydrogen) atoms. The monoisotopic (exact) mass is 320 g/mol. The molecule has 2 nitrogen and oxygen atoms in total. The van der Waals surface area contributed by atoms with E-state index in [2.05, 4.69) is 0 Å². The van der Waals surface area contributed by atoms with E-state index in [9.17, 15) is 22.8 Å². The number of ketones is 2. The fourth-order valence-corrected chi connectivity index (χ4v) is 2.27. The molecule has 116 valence electrons. The van der Waals surface area contributed by atoms with Crippen LogP contribution in [0.2, 0.25) is 0 Å². The third-order valence-corrected chi connectivity index (χ3v) is 3.35. The van der Waals surface area contributed by atoms with E-state index in [-0.39, 0.29) is 17.8 Å². The van der Waals surface area contributed by atoms with Crippen LogP contribution >= 0.6 is 11.6 Å². The fraction of sp³-hybridized carbons (Fsp3) is 0.467. The molecule has 1 aromatic carbocycles. The van der Waals surface area contributed by atoms with Crippen LogP contribution in [-0.2, 0) is 15.8 Å². The van der Waals surface area contributed by atoms with Gasteiger partial charge in [0.25, 0.3) is 0 Å². The Hall–Kier alpha value is -1.36. The summed E-state index contributed by atoms with van der Waals surface area (Å²) in [6.07, 6.45) is -3.22. The van der Waals surface area contributed by atoms with Crippen LogP contribution in [-0.4, -0.2) is 17.4 Å². The van der Waals surface area contributed by atoms with Gasteiger partial charge in [-0.15, -0.1) is 11.6 Å². The minimum Gasteiger partial charge on any atom is -0.299 e. The molecule has 0 fully saturated rings. The van der Waals surface area contributed by atoms with E-state index < -0.39 is 23.4 Å². The van der Waals surface area contributed by atoms with Gasteiger partial charge in [0, 0.05) is 12.3 Å². The fourth-order valence-electron chi connectivity index (χ4n) is 2.08. The van der Waals surface area contributed by atoms with Gasteiger partial charge in [0.1, 0.15) is 17.5 Å². The van der Waals surface area contributed by atoms with Crippen molar-refractivity contribution in [2.45, 2.75) is 38.3 Å². The molecule has 0 aliphatic rings. The molecule has 0 amide bonds. The van der Waals surface area contributed by atoms with E-state index in [1.54, 1.807) is 0 Å². The standard InChI is InChI=1S/C15H16ClF3O2/c1-10(20)14(13(21)7-2-3-8-16)11-5-4-6-12(9-11)15(17,18)19/h4-6,9,14H,2-3,7-8H2,1H3. The van der Waals surface area contributed by atoms with Gasteiger partial charge in [-0.25, -0.2) is 0 Å². The van der Waals surface area contributed by atoms with E-state index in [0.29, 0.717) is 18.7 Å². The number of alkyl halides is 4. The molecule has 0 heterocycles. The van der Waals surface area contributed by atoms with Crippen LogP contribution in [0.4, 0.5) is 13.2 Å². The van der Waals surface area contributed by atoms with Crippen LogP contribution in [0.25, 0.3) is 0 Å². The minimum atomic E-state index is -4.50. The summed E-state index contributed by atoms with van der Waals surface area (Å²) in [6.45, 7) is 1.21. The number of unbranched alkanes of at least 4 members (excludes halogenated alkanes) is 1. The van der Waals surface area contributed by atoms with Crippen molar-refractivity contribution in [3.8, 4) is 0 Å². The Morgan fingerprint density at radius 2 is 1.90 bits per heavy atom. The number of halogens is 4. The summed E-state index contributed by atoms with van der Waals surface area (Å²) in [5.74, 6) is -1.55. The first-order chi connectivity index (χ1) is 9.77. The average molecular weight is 321 g/mol. The highest BCUT2D eigenvalue weighted by Crippen LogP contribution is 2.32. The maximum atomic E-state index is 12.7. The topological polar surface area (TPSA) is 34.1 Å². The van der Waals surface area contributed by atoms with Crippen molar-refractivity contribution in [3.05, 3.63) is 35.4 Å². The maximum absolute atomic E-state index is 12.7. The van der Waals surface area contributed by atoms with Crippen molar-refractivity contribution in [3.63, 3.8) is 0 Å². The Balaban J connectivity index is 3.01. The summed E-state index contributed by atoms with van der Waals surface area (Å²) in [5.41, 5.74) is -0.770. The van der Waals surface area contributed by atoms with Gasteiger partial charge < -0.3 is 0 Å². The van der Waals surface area contributed by atoms with Crippen molar-refractivity contribution >= 4 is 23.2 Å². The maximum Gasteiger partial charge on any atom is 0.416 e. The van der Waals surface area contributed by atoms with Gasteiger partial charge in [-0.1, -0.05) is 18.2 Å². The molecule has 0 aliphatic carbocycles. The molecule has 1 aromatic rings. The van der Waals surface area contributed by atoms with E-state index in [0.717, 1.165) is 12.1 Å². The molecule has 0 radical (unpaired) electrons. The lowest BCUT2D eigenvalue weighted by atomic mass is 9.88. The third kappa shape index (κ3) is 5.16. The molecule has 0 spiro atoms. The summed E-state index contributed by atoms with van der Waals surface area (Å²) < 4.78 is 38.1. The molecule has 1 rings (SSSR count). The Bertz CT molecular complexity index is 512. The van der Waals surface area contributed by atoms with E-state index in [1.807, 2.05) is 0 Å². The van der Waals surface area contributed by atoms with E-state index in [4.69, 9.17) is 11.6 Å². The Morgan fingerprint density at radius 1 is 1.24 bits per heavy atom. The molecule has 1 unspecified atom stereocenters.